The van der Waals surface area contributed by atoms with Crippen molar-refractivity contribution >= 4 is 17.4 Å². The normalized spacial score (nSPS) is 18.7. The van der Waals surface area contributed by atoms with Crippen molar-refractivity contribution in [2.45, 2.75) is 38.8 Å². The Balaban J connectivity index is 2.02. The lowest BCUT2D eigenvalue weighted by Crippen LogP contribution is -2.44. The molecular formula is C16H25N3O2. The molecule has 0 bridgehead atoms. The molecule has 1 atom stereocenters. The van der Waals surface area contributed by atoms with Gasteiger partial charge in [-0.3, -0.25) is 0 Å². The van der Waals surface area contributed by atoms with E-state index in [9.17, 15) is 9.90 Å². The summed E-state index contributed by atoms with van der Waals surface area (Å²) in [5, 5.41) is 12.6. The van der Waals surface area contributed by atoms with Gasteiger partial charge in [0.25, 0.3) is 0 Å². The standard InChI is InChI=1S/C16H25N3O2/c1-12(2)18(3)14-7-4-6-13(10-14)17-16(21)19-9-5-8-15(20)11-19/h4,6-7,10,12,15,20H,5,8-9,11H2,1-3H3,(H,17,21). The molecule has 1 aromatic rings. The van der Waals surface area contributed by atoms with Crippen molar-refractivity contribution < 1.29 is 9.90 Å². The molecule has 5 nitrogen and oxygen atoms in total. The van der Waals surface area contributed by atoms with Crippen LogP contribution in [0, 0.1) is 0 Å². The monoisotopic (exact) mass is 291 g/mol. The van der Waals surface area contributed by atoms with E-state index in [2.05, 4.69) is 24.1 Å². The van der Waals surface area contributed by atoms with Crippen molar-refractivity contribution in [3.63, 3.8) is 0 Å². The summed E-state index contributed by atoms with van der Waals surface area (Å²) in [6.45, 7) is 5.37. The Hall–Kier alpha value is -1.75. The van der Waals surface area contributed by atoms with E-state index in [0.29, 0.717) is 19.1 Å². The summed E-state index contributed by atoms with van der Waals surface area (Å²) in [6.07, 6.45) is 1.23. The summed E-state index contributed by atoms with van der Waals surface area (Å²) < 4.78 is 0. The number of piperidine rings is 1. The molecule has 0 radical (unpaired) electrons. The number of nitrogens with zero attached hydrogens (tertiary/aromatic N) is 2. The molecule has 1 saturated heterocycles. The number of anilines is 2. The molecule has 2 amide bonds. The van der Waals surface area contributed by atoms with E-state index in [0.717, 1.165) is 24.2 Å². The van der Waals surface area contributed by atoms with Gasteiger partial charge in [-0.15, -0.1) is 0 Å². The summed E-state index contributed by atoms with van der Waals surface area (Å²) in [5.41, 5.74) is 1.85. The van der Waals surface area contributed by atoms with Gasteiger partial charge >= 0.3 is 6.03 Å². The highest BCUT2D eigenvalue weighted by Crippen LogP contribution is 2.21. The maximum Gasteiger partial charge on any atom is 0.321 e. The van der Waals surface area contributed by atoms with Crippen LogP contribution in [0.1, 0.15) is 26.7 Å². The third kappa shape index (κ3) is 4.11. The van der Waals surface area contributed by atoms with Crippen LogP contribution in [0.5, 0.6) is 0 Å². The van der Waals surface area contributed by atoms with E-state index in [-0.39, 0.29) is 6.03 Å². The number of rotatable bonds is 3. The zero-order valence-electron chi connectivity index (χ0n) is 13.0. The van der Waals surface area contributed by atoms with E-state index in [4.69, 9.17) is 0 Å². The Bertz CT molecular complexity index is 490. The highest BCUT2D eigenvalue weighted by molar-refractivity contribution is 5.90. The average molecular weight is 291 g/mol. The predicted octanol–water partition coefficient (Wildman–Crippen LogP) is 2.52. The molecular weight excluding hydrogens is 266 g/mol. The molecule has 1 aliphatic heterocycles. The van der Waals surface area contributed by atoms with Crippen LogP contribution < -0.4 is 10.2 Å². The lowest BCUT2D eigenvalue weighted by molar-refractivity contribution is 0.0883. The fraction of sp³-hybridized carbons (Fsp3) is 0.562. The quantitative estimate of drug-likeness (QED) is 0.899. The van der Waals surface area contributed by atoms with Gasteiger partial charge in [0, 0.05) is 37.6 Å². The van der Waals surface area contributed by atoms with E-state index in [1.807, 2.05) is 31.3 Å². The van der Waals surface area contributed by atoms with Crippen LogP contribution in [0.2, 0.25) is 0 Å². The molecule has 0 spiro atoms. The second kappa shape index (κ2) is 6.80. The number of amides is 2. The van der Waals surface area contributed by atoms with Crippen LogP contribution in [-0.2, 0) is 0 Å². The Labute approximate surface area is 126 Å². The van der Waals surface area contributed by atoms with Crippen molar-refractivity contribution in [2.24, 2.45) is 0 Å². The first-order valence-electron chi connectivity index (χ1n) is 7.54. The Morgan fingerprint density at radius 2 is 2.24 bits per heavy atom. The minimum absolute atomic E-state index is 0.141. The maximum atomic E-state index is 12.2. The number of carbonyl (C=O) groups is 1. The van der Waals surface area contributed by atoms with Crippen molar-refractivity contribution in [1.82, 2.24) is 4.90 Å². The van der Waals surface area contributed by atoms with Crippen molar-refractivity contribution in [2.75, 3.05) is 30.4 Å². The number of aliphatic hydroxyl groups excluding tert-OH is 1. The van der Waals surface area contributed by atoms with Gasteiger partial charge in [0.1, 0.15) is 0 Å². The second-order valence-corrected chi connectivity index (χ2v) is 5.93. The number of likely N-dealkylation sites (tertiary alicyclic amines) is 1. The Kier molecular flexibility index (Phi) is 5.07. The van der Waals surface area contributed by atoms with Crippen LogP contribution in [0.3, 0.4) is 0 Å². The predicted molar refractivity (Wildman–Crippen MR) is 85.8 cm³/mol. The first kappa shape index (κ1) is 15.6. The largest absolute Gasteiger partial charge is 0.391 e. The van der Waals surface area contributed by atoms with Crippen molar-refractivity contribution in [3.05, 3.63) is 24.3 Å². The van der Waals surface area contributed by atoms with Crippen LogP contribution in [0.25, 0.3) is 0 Å². The highest BCUT2D eigenvalue weighted by atomic mass is 16.3. The van der Waals surface area contributed by atoms with Crippen LogP contribution in [-0.4, -0.2) is 48.3 Å². The molecule has 0 saturated carbocycles. The van der Waals surface area contributed by atoms with Gasteiger partial charge < -0.3 is 20.2 Å². The summed E-state index contributed by atoms with van der Waals surface area (Å²) in [4.78, 5) is 16.0. The molecule has 0 aromatic heterocycles. The third-order valence-corrected chi connectivity index (χ3v) is 3.96. The van der Waals surface area contributed by atoms with Crippen LogP contribution in [0.15, 0.2) is 24.3 Å². The zero-order valence-corrected chi connectivity index (χ0v) is 13.0. The number of β-amino-alcohol motifs (C(OH)–C–C–N with tert-alkyl or cyclic N) is 1. The molecule has 1 aliphatic rings. The first-order chi connectivity index (χ1) is 9.97. The van der Waals surface area contributed by atoms with Gasteiger partial charge in [-0.1, -0.05) is 6.07 Å². The number of benzene rings is 1. The fourth-order valence-corrected chi connectivity index (χ4v) is 2.44. The van der Waals surface area contributed by atoms with Gasteiger partial charge in [0.15, 0.2) is 0 Å². The number of aliphatic hydroxyl groups is 1. The number of urea groups is 1. The van der Waals surface area contributed by atoms with Gasteiger partial charge in [-0.2, -0.15) is 0 Å². The molecule has 1 aromatic carbocycles. The SMILES string of the molecule is CC(C)N(C)c1cccc(NC(=O)N2CCCC(O)C2)c1. The first-order valence-corrected chi connectivity index (χ1v) is 7.54. The maximum absolute atomic E-state index is 12.2. The molecule has 21 heavy (non-hydrogen) atoms. The van der Waals surface area contributed by atoms with Gasteiger partial charge in [-0.05, 0) is 44.9 Å². The molecule has 1 unspecified atom stereocenters. The van der Waals surface area contributed by atoms with Gasteiger partial charge in [0.2, 0.25) is 0 Å². The average Bonchev–Trinajstić information content (AvgIpc) is 2.46. The van der Waals surface area contributed by atoms with Crippen LogP contribution >= 0.6 is 0 Å². The van der Waals surface area contributed by atoms with Gasteiger partial charge in [0.05, 0.1) is 6.10 Å². The molecule has 2 rings (SSSR count). The number of hydrogen-bond donors (Lipinski definition) is 2. The summed E-state index contributed by atoms with van der Waals surface area (Å²) >= 11 is 0. The summed E-state index contributed by atoms with van der Waals surface area (Å²) in [7, 11) is 2.03. The highest BCUT2D eigenvalue weighted by Gasteiger charge is 2.22. The van der Waals surface area contributed by atoms with Crippen LogP contribution in [0.4, 0.5) is 16.2 Å². The fourth-order valence-electron chi connectivity index (χ4n) is 2.44. The second-order valence-electron chi connectivity index (χ2n) is 5.93. The zero-order chi connectivity index (χ0) is 15.4. The lowest BCUT2D eigenvalue weighted by Gasteiger charge is -2.30. The molecule has 0 aliphatic carbocycles. The van der Waals surface area contributed by atoms with Gasteiger partial charge in [-0.25, -0.2) is 4.79 Å². The Morgan fingerprint density at radius 3 is 2.90 bits per heavy atom. The minimum atomic E-state index is -0.400. The summed E-state index contributed by atoms with van der Waals surface area (Å²) in [5.74, 6) is 0. The molecule has 1 fully saturated rings. The smallest absolute Gasteiger partial charge is 0.321 e. The van der Waals surface area contributed by atoms with E-state index in [1.54, 1.807) is 4.90 Å². The number of carbonyl (C=O) groups excluding carboxylic acids is 1. The summed E-state index contributed by atoms with van der Waals surface area (Å²) in [6, 6.07) is 8.08. The topological polar surface area (TPSA) is 55.8 Å². The molecule has 2 N–H and O–H groups in total. The van der Waals surface area contributed by atoms with E-state index in [1.165, 1.54) is 0 Å². The molecule has 1 heterocycles. The number of nitrogens with one attached hydrogen (secondary N) is 1. The van der Waals surface area contributed by atoms with E-state index >= 15 is 0 Å². The lowest BCUT2D eigenvalue weighted by atomic mass is 10.1. The van der Waals surface area contributed by atoms with Crippen molar-refractivity contribution in [1.29, 1.82) is 0 Å². The third-order valence-electron chi connectivity index (χ3n) is 3.96. The number of hydrogen-bond acceptors (Lipinski definition) is 3. The molecule has 116 valence electrons. The Morgan fingerprint density at radius 1 is 1.48 bits per heavy atom. The van der Waals surface area contributed by atoms with E-state index < -0.39 is 6.10 Å². The molecule has 5 heteroatoms. The van der Waals surface area contributed by atoms with Crippen molar-refractivity contribution in [3.8, 4) is 0 Å². The minimum Gasteiger partial charge on any atom is -0.391 e.